The Labute approximate surface area is 120 Å². The van der Waals surface area contributed by atoms with Gasteiger partial charge in [-0.15, -0.1) is 0 Å². The molecule has 19 heavy (non-hydrogen) atoms. The van der Waals surface area contributed by atoms with E-state index in [1.165, 1.54) is 25.7 Å². The maximum Gasteiger partial charge on any atom is 0.223 e. The zero-order valence-corrected chi connectivity index (χ0v) is 12.3. The second kappa shape index (κ2) is 6.95. The summed E-state index contributed by atoms with van der Waals surface area (Å²) in [6.07, 6.45) is 5.71. The molecule has 1 aliphatic rings. The molecule has 0 unspecified atom stereocenters. The zero-order chi connectivity index (χ0) is 13.7. The number of hydrogen-bond acceptors (Lipinski definition) is 1. The summed E-state index contributed by atoms with van der Waals surface area (Å²) in [4.78, 5) is 14.2. The van der Waals surface area contributed by atoms with Gasteiger partial charge in [0.15, 0.2) is 0 Å². The zero-order valence-electron chi connectivity index (χ0n) is 11.6. The molecule has 0 N–H and O–H groups in total. The molecule has 1 amide bonds. The lowest BCUT2D eigenvalue weighted by atomic mass is 10.0. The standard InChI is InChI=1S/C16H22ClNO/c1-2-18(12-14-9-5-6-10-15(14)17)16(19)11-13-7-3-4-8-13/h5-6,9-10,13H,2-4,7-8,11-12H2,1H3. The second-order valence-electron chi connectivity index (χ2n) is 5.35. The lowest BCUT2D eigenvalue weighted by Crippen LogP contribution is -2.31. The van der Waals surface area contributed by atoms with Gasteiger partial charge in [-0.25, -0.2) is 0 Å². The molecule has 1 aromatic rings. The van der Waals surface area contributed by atoms with Gasteiger partial charge < -0.3 is 4.90 Å². The Morgan fingerprint density at radius 2 is 2.00 bits per heavy atom. The molecule has 2 nitrogen and oxygen atoms in total. The SMILES string of the molecule is CCN(Cc1ccccc1Cl)C(=O)CC1CCCC1. The van der Waals surface area contributed by atoms with Crippen molar-refractivity contribution < 1.29 is 4.79 Å². The Morgan fingerprint density at radius 3 is 2.63 bits per heavy atom. The molecular weight excluding hydrogens is 258 g/mol. The van der Waals surface area contributed by atoms with E-state index in [1.807, 2.05) is 36.1 Å². The minimum Gasteiger partial charge on any atom is -0.339 e. The van der Waals surface area contributed by atoms with Crippen LogP contribution in [0.25, 0.3) is 0 Å². The summed E-state index contributed by atoms with van der Waals surface area (Å²) in [6.45, 7) is 3.40. The molecule has 1 aromatic carbocycles. The molecule has 0 heterocycles. The summed E-state index contributed by atoms with van der Waals surface area (Å²) < 4.78 is 0. The van der Waals surface area contributed by atoms with Crippen LogP contribution < -0.4 is 0 Å². The van der Waals surface area contributed by atoms with Gasteiger partial charge >= 0.3 is 0 Å². The van der Waals surface area contributed by atoms with E-state index in [0.29, 0.717) is 18.9 Å². The topological polar surface area (TPSA) is 20.3 Å². The minimum atomic E-state index is 0.273. The fraction of sp³-hybridized carbons (Fsp3) is 0.562. The first-order chi connectivity index (χ1) is 9.20. The van der Waals surface area contributed by atoms with Crippen LogP contribution in [0.1, 0.15) is 44.6 Å². The van der Waals surface area contributed by atoms with Crippen LogP contribution in [0.3, 0.4) is 0 Å². The molecule has 1 saturated carbocycles. The van der Waals surface area contributed by atoms with Crippen LogP contribution in [0.4, 0.5) is 0 Å². The lowest BCUT2D eigenvalue weighted by molar-refractivity contribution is -0.132. The van der Waals surface area contributed by atoms with Crippen molar-refractivity contribution in [3.8, 4) is 0 Å². The van der Waals surface area contributed by atoms with Crippen molar-refractivity contribution in [2.75, 3.05) is 6.54 Å². The molecule has 0 bridgehead atoms. The van der Waals surface area contributed by atoms with Gasteiger partial charge in [0.25, 0.3) is 0 Å². The number of benzene rings is 1. The van der Waals surface area contributed by atoms with Gasteiger partial charge in [0.1, 0.15) is 0 Å². The molecule has 1 fully saturated rings. The summed E-state index contributed by atoms with van der Waals surface area (Å²) in [7, 11) is 0. The van der Waals surface area contributed by atoms with Crippen molar-refractivity contribution >= 4 is 17.5 Å². The number of carbonyl (C=O) groups is 1. The van der Waals surface area contributed by atoms with E-state index in [0.717, 1.165) is 17.1 Å². The second-order valence-corrected chi connectivity index (χ2v) is 5.76. The first kappa shape index (κ1) is 14.4. The van der Waals surface area contributed by atoms with Crippen molar-refractivity contribution in [1.29, 1.82) is 0 Å². The predicted molar refractivity (Wildman–Crippen MR) is 79.1 cm³/mol. The largest absolute Gasteiger partial charge is 0.339 e. The Bertz CT molecular complexity index is 427. The Balaban J connectivity index is 1.95. The molecule has 2 rings (SSSR count). The monoisotopic (exact) mass is 279 g/mol. The number of nitrogens with zero attached hydrogens (tertiary/aromatic N) is 1. The van der Waals surface area contributed by atoms with Crippen LogP contribution in [-0.2, 0) is 11.3 Å². The fourth-order valence-electron chi connectivity index (χ4n) is 2.80. The van der Waals surface area contributed by atoms with Gasteiger partial charge in [-0.05, 0) is 37.3 Å². The van der Waals surface area contributed by atoms with E-state index in [1.54, 1.807) is 0 Å². The van der Waals surface area contributed by atoms with E-state index in [4.69, 9.17) is 11.6 Å². The van der Waals surface area contributed by atoms with Crippen molar-refractivity contribution in [2.24, 2.45) is 5.92 Å². The number of carbonyl (C=O) groups excluding carboxylic acids is 1. The number of rotatable bonds is 5. The van der Waals surface area contributed by atoms with Crippen molar-refractivity contribution in [3.05, 3.63) is 34.9 Å². The molecule has 3 heteroatoms. The van der Waals surface area contributed by atoms with E-state index in [-0.39, 0.29) is 5.91 Å². The van der Waals surface area contributed by atoms with Crippen LogP contribution in [-0.4, -0.2) is 17.4 Å². The van der Waals surface area contributed by atoms with E-state index >= 15 is 0 Å². The van der Waals surface area contributed by atoms with Crippen molar-refractivity contribution in [1.82, 2.24) is 4.90 Å². The number of amides is 1. The summed E-state index contributed by atoms with van der Waals surface area (Å²) in [6, 6.07) is 7.76. The quantitative estimate of drug-likeness (QED) is 0.788. The molecule has 0 spiro atoms. The summed E-state index contributed by atoms with van der Waals surface area (Å²) in [5.74, 6) is 0.877. The molecule has 0 atom stereocenters. The van der Waals surface area contributed by atoms with Crippen LogP contribution in [0, 0.1) is 5.92 Å². The molecular formula is C16H22ClNO. The first-order valence-electron chi connectivity index (χ1n) is 7.22. The Kier molecular flexibility index (Phi) is 5.26. The maximum absolute atomic E-state index is 12.3. The normalized spacial score (nSPS) is 15.7. The van der Waals surface area contributed by atoms with Crippen LogP contribution in [0.2, 0.25) is 5.02 Å². The maximum atomic E-state index is 12.3. The predicted octanol–water partition coefficient (Wildman–Crippen LogP) is 4.27. The third kappa shape index (κ3) is 3.97. The third-order valence-electron chi connectivity index (χ3n) is 3.99. The van der Waals surface area contributed by atoms with Crippen LogP contribution in [0.5, 0.6) is 0 Å². The molecule has 104 valence electrons. The van der Waals surface area contributed by atoms with Gasteiger partial charge in [0.2, 0.25) is 5.91 Å². The number of hydrogen-bond donors (Lipinski definition) is 0. The minimum absolute atomic E-state index is 0.273. The highest BCUT2D eigenvalue weighted by molar-refractivity contribution is 6.31. The molecule has 0 saturated heterocycles. The van der Waals surface area contributed by atoms with Gasteiger partial charge in [0, 0.05) is 24.5 Å². The Hall–Kier alpha value is -1.02. The number of halogens is 1. The highest BCUT2D eigenvalue weighted by atomic mass is 35.5. The van der Waals surface area contributed by atoms with Crippen molar-refractivity contribution in [2.45, 2.75) is 45.6 Å². The highest BCUT2D eigenvalue weighted by Gasteiger charge is 2.21. The van der Waals surface area contributed by atoms with Gasteiger partial charge in [-0.1, -0.05) is 42.6 Å². The van der Waals surface area contributed by atoms with Crippen LogP contribution in [0.15, 0.2) is 24.3 Å². The van der Waals surface area contributed by atoms with Gasteiger partial charge in [-0.3, -0.25) is 4.79 Å². The van der Waals surface area contributed by atoms with Crippen molar-refractivity contribution in [3.63, 3.8) is 0 Å². The van der Waals surface area contributed by atoms with Crippen LogP contribution >= 0.6 is 11.6 Å². The molecule has 1 aliphatic carbocycles. The average Bonchev–Trinajstić information content (AvgIpc) is 2.90. The molecule has 0 aromatic heterocycles. The van der Waals surface area contributed by atoms with E-state index < -0.39 is 0 Å². The smallest absolute Gasteiger partial charge is 0.223 e. The summed E-state index contributed by atoms with van der Waals surface area (Å²) in [5, 5.41) is 0.745. The fourth-order valence-corrected chi connectivity index (χ4v) is 2.99. The highest BCUT2D eigenvalue weighted by Crippen LogP contribution is 2.28. The Morgan fingerprint density at radius 1 is 1.32 bits per heavy atom. The molecule has 0 radical (unpaired) electrons. The third-order valence-corrected chi connectivity index (χ3v) is 4.36. The lowest BCUT2D eigenvalue weighted by Gasteiger charge is -2.23. The average molecular weight is 280 g/mol. The summed E-state index contributed by atoms with van der Waals surface area (Å²) in [5.41, 5.74) is 1.03. The van der Waals surface area contributed by atoms with E-state index in [2.05, 4.69) is 0 Å². The summed E-state index contributed by atoms with van der Waals surface area (Å²) >= 11 is 6.16. The molecule has 0 aliphatic heterocycles. The van der Waals surface area contributed by atoms with Gasteiger partial charge in [0.05, 0.1) is 0 Å². The first-order valence-corrected chi connectivity index (χ1v) is 7.59. The van der Waals surface area contributed by atoms with E-state index in [9.17, 15) is 4.79 Å². The van der Waals surface area contributed by atoms with Gasteiger partial charge in [-0.2, -0.15) is 0 Å².